The van der Waals surface area contributed by atoms with E-state index in [1.165, 1.54) is 0 Å². The molecule has 0 aliphatic carbocycles. The van der Waals surface area contributed by atoms with Crippen molar-refractivity contribution in [1.29, 1.82) is 0 Å². The zero-order valence-corrected chi connectivity index (χ0v) is 15.5. The van der Waals surface area contributed by atoms with Gasteiger partial charge in [0.1, 0.15) is 5.88 Å². The first-order valence-corrected chi connectivity index (χ1v) is 9.37. The molecule has 3 aromatic rings. The second kappa shape index (κ2) is 7.94. The first-order valence-electron chi connectivity index (χ1n) is 8.83. The number of imidazole rings is 1. The first-order chi connectivity index (χ1) is 13.2. The Kier molecular flexibility index (Phi) is 5.22. The van der Waals surface area contributed by atoms with Crippen molar-refractivity contribution in [2.24, 2.45) is 0 Å². The lowest BCUT2D eigenvalue weighted by Gasteiger charge is -2.28. The number of carbonyl (C=O) groups excluding carboxylic acids is 1. The van der Waals surface area contributed by atoms with Gasteiger partial charge in [0.2, 0.25) is 11.9 Å². The van der Waals surface area contributed by atoms with Crippen LogP contribution in [0.25, 0.3) is 11.0 Å². The van der Waals surface area contributed by atoms with Gasteiger partial charge in [0.25, 0.3) is 0 Å². The van der Waals surface area contributed by atoms with Crippen molar-refractivity contribution in [1.82, 2.24) is 14.5 Å². The lowest BCUT2D eigenvalue weighted by Crippen LogP contribution is -2.36. The van der Waals surface area contributed by atoms with Crippen LogP contribution in [0.1, 0.15) is 5.69 Å². The van der Waals surface area contributed by atoms with Gasteiger partial charge in [-0.15, -0.1) is 11.6 Å². The van der Waals surface area contributed by atoms with E-state index in [1.807, 2.05) is 41.1 Å². The molecule has 0 spiro atoms. The Hall–Kier alpha value is -2.64. The lowest BCUT2D eigenvalue weighted by atomic mass is 10.2. The third-order valence-corrected chi connectivity index (χ3v) is 4.78. The largest absolute Gasteiger partial charge is 0.378 e. The summed E-state index contributed by atoms with van der Waals surface area (Å²) in [5.41, 5.74) is 3.72. The minimum Gasteiger partial charge on any atom is -0.378 e. The summed E-state index contributed by atoms with van der Waals surface area (Å²) in [6, 6.07) is 11.8. The van der Waals surface area contributed by atoms with E-state index >= 15 is 0 Å². The molecule has 1 fully saturated rings. The molecule has 7 nitrogen and oxygen atoms in total. The molecule has 1 N–H and O–H groups in total. The average molecular weight is 386 g/mol. The monoisotopic (exact) mass is 385 g/mol. The van der Waals surface area contributed by atoms with E-state index in [1.54, 1.807) is 0 Å². The van der Waals surface area contributed by atoms with Crippen LogP contribution < -0.4 is 10.2 Å². The van der Waals surface area contributed by atoms with Gasteiger partial charge in [-0.2, -0.15) is 0 Å². The number of hydrogen-bond donors (Lipinski definition) is 1. The Labute approximate surface area is 161 Å². The highest BCUT2D eigenvalue weighted by Crippen LogP contribution is 2.22. The molecule has 1 amide bonds. The molecule has 140 valence electrons. The van der Waals surface area contributed by atoms with Crippen LogP contribution in [0, 0.1) is 0 Å². The van der Waals surface area contributed by atoms with Gasteiger partial charge in [-0.3, -0.25) is 15.1 Å². The molecule has 1 aliphatic rings. The summed E-state index contributed by atoms with van der Waals surface area (Å²) >= 11 is 5.63. The Morgan fingerprint density at radius 1 is 1.19 bits per heavy atom. The van der Waals surface area contributed by atoms with Gasteiger partial charge in [-0.1, -0.05) is 12.1 Å². The number of halogens is 1. The number of carbonyl (C=O) groups is 1. The van der Waals surface area contributed by atoms with Crippen molar-refractivity contribution in [2.45, 2.75) is 6.54 Å². The zero-order valence-electron chi connectivity index (χ0n) is 14.8. The summed E-state index contributed by atoms with van der Waals surface area (Å²) in [4.78, 5) is 23.1. The molecule has 27 heavy (non-hydrogen) atoms. The van der Waals surface area contributed by atoms with Crippen molar-refractivity contribution in [3.05, 3.63) is 48.3 Å². The Bertz CT molecular complexity index is 935. The molecule has 0 atom stereocenters. The fraction of sp³-hybridized carbons (Fsp3) is 0.316. The molecule has 0 saturated carbocycles. The highest BCUT2D eigenvalue weighted by molar-refractivity contribution is 6.29. The van der Waals surface area contributed by atoms with Crippen LogP contribution in [-0.4, -0.2) is 52.6 Å². The summed E-state index contributed by atoms with van der Waals surface area (Å²) in [5, 5.41) is 2.76. The number of aromatic nitrogens is 3. The first kappa shape index (κ1) is 17.8. The third-order valence-electron chi connectivity index (χ3n) is 4.53. The molecule has 3 heterocycles. The van der Waals surface area contributed by atoms with E-state index in [0.29, 0.717) is 12.5 Å². The summed E-state index contributed by atoms with van der Waals surface area (Å²) in [6.45, 7) is 3.74. The van der Waals surface area contributed by atoms with Gasteiger partial charge in [0, 0.05) is 13.1 Å². The molecule has 1 aliphatic heterocycles. The number of fused-ring (bicyclic) bond motifs is 1. The number of morpholine rings is 1. The van der Waals surface area contributed by atoms with E-state index in [-0.39, 0.29) is 11.8 Å². The van der Waals surface area contributed by atoms with Crippen molar-refractivity contribution < 1.29 is 9.53 Å². The average Bonchev–Trinajstić information content (AvgIpc) is 3.06. The fourth-order valence-electron chi connectivity index (χ4n) is 3.17. The fourth-order valence-corrected chi connectivity index (χ4v) is 3.24. The topological polar surface area (TPSA) is 72.3 Å². The SMILES string of the molecule is O=C(CCl)Nc1nc2ccccc2n1Cc1ccc(N2CCOCC2)cn1. The standard InChI is InChI=1S/C19H20ClN5O2/c20-11-18(26)23-19-22-16-3-1-2-4-17(16)25(19)13-14-5-6-15(12-21-14)24-7-9-27-10-8-24/h1-6,12H,7-11,13H2,(H,22,23,26). The number of nitrogens with zero attached hydrogens (tertiary/aromatic N) is 4. The minimum atomic E-state index is -0.288. The minimum absolute atomic E-state index is 0.115. The Balaban J connectivity index is 1.60. The van der Waals surface area contributed by atoms with Crippen LogP contribution in [0.15, 0.2) is 42.6 Å². The van der Waals surface area contributed by atoms with Crippen LogP contribution in [0.3, 0.4) is 0 Å². The van der Waals surface area contributed by atoms with Crippen LogP contribution >= 0.6 is 11.6 Å². The van der Waals surface area contributed by atoms with Crippen molar-refractivity contribution in [2.75, 3.05) is 42.4 Å². The number of nitrogens with one attached hydrogen (secondary N) is 1. The molecule has 4 rings (SSSR count). The van der Waals surface area contributed by atoms with Gasteiger partial charge >= 0.3 is 0 Å². The molecule has 0 bridgehead atoms. The number of hydrogen-bond acceptors (Lipinski definition) is 5. The number of anilines is 2. The molecular weight excluding hydrogens is 366 g/mol. The van der Waals surface area contributed by atoms with Crippen LogP contribution in [-0.2, 0) is 16.1 Å². The number of amides is 1. The molecule has 0 radical (unpaired) electrons. The number of rotatable bonds is 5. The van der Waals surface area contributed by atoms with Gasteiger partial charge in [0.15, 0.2) is 0 Å². The second-order valence-electron chi connectivity index (χ2n) is 6.30. The molecule has 8 heteroatoms. The van der Waals surface area contributed by atoms with Gasteiger partial charge in [0.05, 0.1) is 48.4 Å². The van der Waals surface area contributed by atoms with Crippen molar-refractivity contribution in [3.63, 3.8) is 0 Å². The predicted molar refractivity (Wildman–Crippen MR) is 105 cm³/mol. The predicted octanol–water partition coefficient (Wildman–Crippen LogP) is 2.49. The van der Waals surface area contributed by atoms with Gasteiger partial charge in [-0.25, -0.2) is 4.98 Å². The van der Waals surface area contributed by atoms with E-state index in [2.05, 4.69) is 26.3 Å². The number of pyridine rings is 1. The Morgan fingerprint density at radius 3 is 2.74 bits per heavy atom. The summed E-state index contributed by atoms with van der Waals surface area (Å²) < 4.78 is 7.33. The smallest absolute Gasteiger partial charge is 0.241 e. The van der Waals surface area contributed by atoms with Crippen LogP contribution in [0.2, 0.25) is 0 Å². The zero-order chi connectivity index (χ0) is 18.6. The maximum atomic E-state index is 11.8. The highest BCUT2D eigenvalue weighted by atomic mass is 35.5. The summed E-state index contributed by atoms with van der Waals surface area (Å²) in [5.74, 6) is 0.0696. The maximum Gasteiger partial charge on any atom is 0.241 e. The van der Waals surface area contributed by atoms with Crippen molar-refractivity contribution >= 4 is 40.2 Å². The van der Waals surface area contributed by atoms with E-state index in [9.17, 15) is 4.79 Å². The summed E-state index contributed by atoms with van der Waals surface area (Å²) in [7, 11) is 0. The van der Waals surface area contributed by atoms with E-state index < -0.39 is 0 Å². The lowest BCUT2D eigenvalue weighted by molar-refractivity contribution is -0.114. The van der Waals surface area contributed by atoms with Crippen molar-refractivity contribution in [3.8, 4) is 0 Å². The quantitative estimate of drug-likeness (QED) is 0.683. The summed E-state index contributed by atoms with van der Waals surface area (Å²) in [6.07, 6.45) is 1.89. The number of alkyl halides is 1. The van der Waals surface area contributed by atoms with Crippen LogP contribution in [0.5, 0.6) is 0 Å². The molecule has 1 saturated heterocycles. The second-order valence-corrected chi connectivity index (χ2v) is 6.57. The van der Waals surface area contributed by atoms with Crippen LogP contribution in [0.4, 0.5) is 11.6 Å². The number of benzene rings is 1. The molecule has 2 aromatic heterocycles. The number of para-hydroxylation sites is 2. The third kappa shape index (κ3) is 3.89. The molecule has 1 aromatic carbocycles. The normalized spacial score (nSPS) is 14.5. The van der Waals surface area contributed by atoms with Gasteiger partial charge in [-0.05, 0) is 24.3 Å². The highest BCUT2D eigenvalue weighted by Gasteiger charge is 2.15. The van der Waals surface area contributed by atoms with Gasteiger partial charge < -0.3 is 14.2 Å². The molecule has 0 unspecified atom stereocenters. The Morgan fingerprint density at radius 2 is 2.00 bits per heavy atom. The molecular formula is C19H20ClN5O2. The maximum absolute atomic E-state index is 11.8. The number of ether oxygens (including phenoxy) is 1. The van der Waals surface area contributed by atoms with E-state index in [4.69, 9.17) is 16.3 Å². The van der Waals surface area contributed by atoms with E-state index in [0.717, 1.165) is 48.7 Å².